The van der Waals surface area contributed by atoms with Crippen molar-refractivity contribution in [3.8, 4) is 0 Å². The SMILES string of the molecule is CO[C@H]1[C@H](C2(C)O[C@@H]2CC=C(C)C)[C@]2(CC[C@H]1NC(=O)C13CCC(C(=O)NCCCOC(=O)[C@H](C)NC(=O)CCC(=O)C(C)(C)C)(CC1)CC3)CO2. The molecule has 0 aromatic carbocycles. The fourth-order valence-corrected chi connectivity index (χ4v) is 9.06. The average molecular weight is 730 g/mol. The molecule has 6 aliphatic rings. The first-order chi connectivity index (χ1) is 24.4. The number of epoxide rings is 2. The molecule has 2 heterocycles. The van der Waals surface area contributed by atoms with Crippen LogP contribution in [0.2, 0.25) is 0 Å². The number of Topliss-reactive ketones (excluding diaryl/α,β-unsaturated/α-hetero) is 1. The summed E-state index contributed by atoms with van der Waals surface area (Å²) in [6, 6.07) is -0.969. The van der Waals surface area contributed by atoms with Gasteiger partial charge in [-0.2, -0.15) is 0 Å². The summed E-state index contributed by atoms with van der Waals surface area (Å²) >= 11 is 0. The lowest BCUT2D eigenvalue weighted by molar-refractivity contribution is -0.153. The minimum atomic E-state index is -0.836. The van der Waals surface area contributed by atoms with Gasteiger partial charge >= 0.3 is 5.97 Å². The molecule has 12 heteroatoms. The second kappa shape index (κ2) is 15.5. The number of carbonyl (C=O) groups is 5. The van der Waals surface area contributed by atoms with Gasteiger partial charge in [-0.05, 0) is 91.9 Å². The molecule has 3 amide bonds. The molecular weight excluding hydrogens is 666 g/mol. The van der Waals surface area contributed by atoms with Gasteiger partial charge < -0.3 is 34.9 Å². The van der Waals surface area contributed by atoms with Crippen molar-refractivity contribution in [3.05, 3.63) is 11.6 Å². The molecule has 4 saturated carbocycles. The first-order valence-corrected chi connectivity index (χ1v) is 19.5. The predicted octanol–water partition coefficient (Wildman–Crippen LogP) is 4.47. The van der Waals surface area contributed by atoms with Crippen molar-refractivity contribution in [2.24, 2.45) is 22.2 Å². The van der Waals surface area contributed by atoms with E-state index in [-0.39, 0.29) is 78.3 Å². The van der Waals surface area contributed by atoms with Crippen LogP contribution in [-0.4, -0.2) is 91.8 Å². The Hall–Kier alpha value is -2.83. The number of ketones is 1. The highest BCUT2D eigenvalue weighted by atomic mass is 16.6. The first-order valence-electron chi connectivity index (χ1n) is 19.5. The van der Waals surface area contributed by atoms with Gasteiger partial charge in [0.25, 0.3) is 0 Å². The van der Waals surface area contributed by atoms with Crippen molar-refractivity contribution in [1.82, 2.24) is 16.0 Å². The molecule has 1 spiro atoms. The van der Waals surface area contributed by atoms with E-state index >= 15 is 0 Å². The number of amides is 3. The zero-order valence-corrected chi connectivity index (χ0v) is 32.7. The van der Waals surface area contributed by atoms with E-state index in [1.807, 2.05) is 0 Å². The van der Waals surface area contributed by atoms with Crippen LogP contribution in [0, 0.1) is 22.2 Å². The molecule has 292 valence electrons. The van der Waals surface area contributed by atoms with Crippen LogP contribution < -0.4 is 16.0 Å². The highest BCUT2D eigenvalue weighted by Gasteiger charge is 2.72. The second-order valence-electron chi connectivity index (χ2n) is 17.8. The van der Waals surface area contributed by atoms with Crippen LogP contribution in [0.3, 0.4) is 0 Å². The molecule has 6 rings (SSSR count). The van der Waals surface area contributed by atoms with Gasteiger partial charge in [-0.25, -0.2) is 4.79 Å². The summed E-state index contributed by atoms with van der Waals surface area (Å²) in [7, 11) is 1.73. The highest BCUT2D eigenvalue weighted by Crippen LogP contribution is 2.60. The molecule has 0 aromatic heterocycles. The third kappa shape index (κ3) is 8.59. The molecule has 6 fully saturated rings. The van der Waals surface area contributed by atoms with Crippen molar-refractivity contribution in [3.63, 3.8) is 0 Å². The van der Waals surface area contributed by atoms with Crippen LogP contribution in [0.1, 0.15) is 126 Å². The van der Waals surface area contributed by atoms with E-state index in [0.717, 1.165) is 19.3 Å². The van der Waals surface area contributed by atoms with Crippen molar-refractivity contribution < 1.29 is 42.9 Å². The lowest BCUT2D eigenvalue weighted by atomic mass is 9.53. The number of hydrogen-bond acceptors (Lipinski definition) is 9. The maximum absolute atomic E-state index is 14.1. The number of hydrogen-bond donors (Lipinski definition) is 3. The zero-order valence-electron chi connectivity index (χ0n) is 32.7. The van der Waals surface area contributed by atoms with Gasteiger partial charge in [0.2, 0.25) is 17.7 Å². The molecule has 12 nitrogen and oxygen atoms in total. The van der Waals surface area contributed by atoms with E-state index < -0.39 is 28.3 Å². The molecule has 4 aliphatic carbocycles. The summed E-state index contributed by atoms with van der Waals surface area (Å²) in [5.74, 6) is -0.842. The Kier molecular flexibility index (Phi) is 12.0. The minimum absolute atomic E-state index is 0.00242. The lowest BCUT2D eigenvalue weighted by Gasteiger charge is -2.52. The maximum Gasteiger partial charge on any atom is 0.328 e. The third-order valence-corrected chi connectivity index (χ3v) is 12.8. The Labute approximate surface area is 309 Å². The molecule has 2 saturated heterocycles. The van der Waals surface area contributed by atoms with E-state index in [0.29, 0.717) is 58.1 Å². The van der Waals surface area contributed by atoms with Gasteiger partial charge in [0.05, 0.1) is 37.1 Å². The van der Waals surface area contributed by atoms with Crippen molar-refractivity contribution in [1.29, 1.82) is 0 Å². The quantitative estimate of drug-likeness (QED) is 0.0900. The van der Waals surface area contributed by atoms with Crippen molar-refractivity contribution >= 4 is 29.5 Å². The summed E-state index contributed by atoms with van der Waals surface area (Å²) in [4.78, 5) is 64.1. The van der Waals surface area contributed by atoms with Crippen LogP contribution in [0.4, 0.5) is 0 Å². The maximum atomic E-state index is 14.1. The Morgan fingerprint density at radius 3 is 2.12 bits per heavy atom. The fourth-order valence-electron chi connectivity index (χ4n) is 9.06. The van der Waals surface area contributed by atoms with Crippen molar-refractivity contribution in [2.75, 3.05) is 26.9 Å². The van der Waals surface area contributed by atoms with E-state index in [1.54, 1.807) is 34.8 Å². The normalized spacial score (nSPS) is 35.2. The van der Waals surface area contributed by atoms with Gasteiger partial charge in [0.1, 0.15) is 17.4 Å². The number of esters is 1. The molecule has 52 heavy (non-hydrogen) atoms. The highest BCUT2D eigenvalue weighted by molar-refractivity contribution is 5.90. The smallest absolute Gasteiger partial charge is 0.328 e. The van der Waals surface area contributed by atoms with Crippen LogP contribution in [0.25, 0.3) is 0 Å². The minimum Gasteiger partial charge on any atom is -0.464 e. The average Bonchev–Trinajstić information content (AvgIpc) is 4.03. The number of fused-ring (bicyclic) bond motifs is 3. The zero-order chi connectivity index (χ0) is 38.1. The molecule has 0 radical (unpaired) electrons. The number of nitrogens with one attached hydrogen (secondary N) is 3. The fraction of sp³-hybridized carbons (Fsp3) is 0.825. The molecular formula is C40H63N3O9. The Morgan fingerprint density at radius 2 is 1.56 bits per heavy atom. The van der Waals surface area contributed by atoms with Gasteiger partial charge in [-0.3, -0.25) is 19.2 Å². The first kappa shape index (κ1) is 40.4. The number of rotatable bonds is 16. The van der Waals surface area contributed by atoms with E-state index in [2.05, 4.69) is 42.8 Å². The van der Waals surface area contributed by atoms with Crippen LogP contribution in [-0.2, 0) is 42.9 Å². The molecule has 3 N–H and O–H groups in total. The molecule has 0 aromatic rings. The van der Waals surface area contributed by atoms with Gasteiger partial charge in [0.15, 0.2) is 0 Å². The number of allylic oxidation sites excluding steroid dienone is 1. The molecule has 2 aliphatic heterocycles. The van der Waals surface area contributed by atoms with Crippen molar-refractivity contribution in [2.45, 2.75) is 161 Å². The summed E-state index contributed by atoms with van der Waals surface area (Å²) in [6.45, 7) is 14.5. The van der Waals surface area contributed by atoms with Gasteiger partial charge in [-0.1, -0.05) is 32.4 Å². The Morgan fingerprint density at radius 1 is 0.942 bits per heavy atom. The van der Waals surface area contributed by atoms with Gasteiger partial charge in [0, 0.05) is 48.7 Å². The molecule has 7 atom stereocenters. The van der Waals surface area contributed by atoms with E-state index in [4.69, 9.17) is 18.9 Å². The van der Waals surface area contributed by atoms with Gasteiger partial charge in [-0.15, -0.1) is 0 Å². The Balaban J connectivity index is 1.04. The number of ether oxygens (including phenoxy) is 4. The topological polar surface area (TPSA) is 165 Å². The number of methoxy groups -OCH3 is 1. The summed E-state index contributed by atoms with van der Waals surface area (Å²) in [5.41, 5.74) is -0.811. The second-order valence-corrected chi connectivity index (χ2v) is 17.8. The monoisotopic (exact) mass is 729 g/mol. The largest absolute Gasteiger partial charge is 0.464 e. The standard InChI is InChI=1S/C40H63N3O9/c1-25(2)10-12-29-37(7,52-29)32-31(49-8)27(14-15-40(32)24-51-40)43-35(48)39-19-16-38(17-20-39,18-21-39)34(47)41-22-9-23-50-33(46)26(3)42-30(45)13-11-28(44)36(4,5)6/h10,26-27,29,31-32H,9,11-24H2,1-8H3,(H,41,47)(H,42,45)(H,43,48)/t26-,27+,29+,31+,32+,37?,38?,39?,40-/m0/s1. The molecule has 1 unspecified atom stereocenters. The van der Waals surface area contributed by atoms with E-state index in [1.165, 1.54) is 5.57 Å². The third-order valence-electron chi connectivity index (χ3n) is 12.8. The summed E-state index contributed by atoms with van der Waals surface area (Å²) in [5, 5.41) is 9.07. The lowest BCUT2D eigenvalue weighted by Crippen LogP contribution is -2.62. The molecule has 2 bridgehead atoms. The van der Waals surface area contributed by atoms with Crippen LogP contribution in [0.15, 0.2) is 11.6 Å². The van der Waals surface area contributed by atoms with Crippen LogP contribution in [0.5, 0.6) is 0 Å². The number of carbonyl (C=O) groups excluding carboxylic acids is 5. The summed E-state index contributed by atoms with van der Waals surface area (Å²) in [6.07, 6.45) is 9.20. The van der Waals surface area contributed by atoms with E-state index in [9.17, 15) is 24.0 Å². The predicted molar refractivity (Wildman–Crippen MR) is 194 cm³/mol. The summed E-state index contributed by atoms with van der Waals surface area (Å²) < 4.78 is 23.9. The Bertz CT molecular complexity index is 1390. The van der Waals surface area contributed by atoms with Crippen LogP contribution >= 0.6 is 0 Å².